The third-order valence-corrected chi connectivity index (χ3v) is 4.87. The van der Waals surface area contributed by atoms with Gasteiger partial charge in [0.25, 0.3) is 5.91 Å². The summed E-state index contributed by atoms with van der Waals surface area (Å²) in [7, 11) is 2.08. The molecule has 0 heterocycles. The van der Waals surface area contributed by atoms with E-state index in [0.717, 1.165) is 12.1 Å². The lowest BCUT2D eigenvalue weighted by Crippen LogP contribution is -2.28. The Balaban J connectivity index is 1.72. The summed E-state index contributed by atoms with van der Waals surface area (Å²) in [4.78, 5) is 26.3. The van der Waals surface area contributed by atoms with Gasteiger partial charge in [-0.1, -0.05) is 24.3 Å². The van der Waals surface area contributed by atoms with Gasteiger partial charge in [0.15, 0.2) is 0 Å². The lowest BCUT2D eigenvalue weighted by molar-refractivity contribution is -0.121. The van der Waals surface area contributed by atoms with Crippen LogP contribution in [0.5, 0.6) is 0 Å². The van der Waals surface area contributed by atoms with E-state index in [2.05, 4.69) is 42.5 Å². The zero-order valence-electron chi connectivity index (χ0n) is 17.4. The normalized spacial score (nSPS) is 11.0. The number of halogens is 1. The third kappa shape index (κ3) is 7.66. The van der Waals surface area contributed by atoms with E-state index >= 15 is 0 Å². The van der Waals surface area contributed by atoms with Crippen LogP contribution in [-0.2, 0) is 17.9 Å². The first-order valence-electron chi connectivity index (χ1n) is 9.94. The van der Waals surface area contributed by atoms with E-state index in [4.69, 9.17) is 0 Å². The number of hydrogen-bond acceptors (Lipinski definition) is 3. The maximum absolute atomic E-state index is 12.9. The van der Waals surface area contributed by atoms with E-state index < -0.39 is 0 Å². The molecule has 6 heteroatoms. The number of amides is 2. The number of rotatable bonds is 10. The first-order chi connectivity index (χ1) is 13.9. The zero-order chi connectivity index (χ0) is 21.2. The Kier molecular flexibility index (Phi) is 8.80. The molecule has 5 nitrogen and oxygen atoms in total. The van der Waals surface area contributed by atoms with Crippen LogP contribution in [0, 0.1) is 5.82 Å². The third-order valence-electron chi connectivity index (χ3n) is 4.87. The van der Waals surface area contributed by atoms with Gasteiger partial charge < -0.3 is 10.6 Å². The minimum Gasteiger partial charge on any atom is -0.352 e. The largest absolute Gasteiger partial charge is 0.352 e. The fraction of sp³-hybridized carbons (Fsp3) is 0.391. The monoisotopic (exact) mass is 399 g/mol. The molecule has 0 saturated carbocycles. The molecule has 0 saturated heterocycles. The van der Waals surface area contributed by atoms with E-state index in [1.807, 2.05) is 18.2 Å². The second kappa shape index (κ2) is 11.3. The molecule has 0 aliphatic heterocycles. The second-order valence-corrected chi connectivity index (χ2v) is 7.42. The molecule has 0 radical (unpaired) electrons. The molecule has 29 heavy (non-hydrogen) atoms. The summed E-state index contributed by atoms with van der Waals surface area (Å²) >= 11 is 0. The molecule has 0 aromatic heterocycles. The number of hydrogen-bond donors (Lipinski definition) is 2. The van der Waals surface area contributed by atoms with Crippen molar-refractivity contribution in [2.75, 3.05) is 13.6 Å². The Morgan fingerprint density at radius 1 is 1.00 bits per heavy atom. The Bertz CT molecular complexity index is 806. The lowest BCUT2D eigenvalue weighted by atomic mass is 10.1. The molecular weight excluding hydrogens is 369 g/mol. The SMILES string of the molecule is CC(C)N(C)Cc1ccccc1CNC(=O)CCCNC(=O)c1ccc(F)cc1. The summed E-state index contributed by atoms with van der Waals surface area (Å²) in [6, 6.07) is 13.9. The fourth-order valence-corrected chi connectivity index (χ4v) is 2.77. The minimum atomic E-state index is -0.379. The number of nitrogens with zero attached hydrogens (tertiary/aromatic N) is 1. The fourth-order valence-electron chi connectivity index (χ4n) is 2.77. The molecule has 2 rings (SSSR count). The second-order valence-electron chi connectivity index (χ2n) is 7.42. The Morgan fingerprint density at radius 2 is 1.66 bits per heavy atom. The molecule has 0 atom stereocenters. The van der Waals surface area contributed by atoms with Gasteiger partial charge in [-0.2, -0.15) is 0 Å². The van der Waals surface area contributed by atoms with E-state index in [-0.39, 0.29) is 17.6 Å². The Morgan fingerprint density at radius 3 is 2.31 bits per heavy atom. The number of carbonyl (C=O) groups excluding carboxylic acids is 2. The van der Waals surface area contributed by atoms with Crippen molar-refractivity contribution < 1.29 is 14.0 Å². The van der Waals surface area contributed by atoms with Crippen LogP contribution in [0.4, 0.5) is 4.39 Å². The first kappa shape index (κ1) is 22.6. The molecular formula is C23H30FN3O2. The summed E-state index contributed by atoms with van der Waals surface area (Å²) in [5, 5.41) is 5.70. The van der Waals surface area contributed by atoms with Crippen molar-refractivity contribution in [3.05, 3.63) is 71.0 Å². The van der Waals surface area contributed by atoms with E-state index in [9.17, 15) is 14.0 Å². The maximum Gasteiger partial charge on any atom is 0.251 e. The van der Waals surface area contributed by atoms with Crippen molar-refractivity contribution in [3.63, 3.8) is 0 Å². The highest BCUT2D eigenvalue weighted by molar-refractivity contribution is 5.94. The van der Waals surface area contributed by atoms with Crippen molar-refractivity contribution in [3.8, 4) is 0 Å². The van der Waals surface area contributed by atoms with Gasteiger partial charge in [-0.05, 0) is 62.7 Å². The molecule has 0 fully saturated rings. The number of carbonyl (C=O) groups is 2. The summed E-state index contributed by atoms with van der Waals surface area (Å²) in [6.45, 7) is 6.01. The van der Waals surface area contributed by atoms with Crippen LogP contribution in [0.3, 0.4) is 0 Å². The molecule has 0 aliphatic carbocycles. The highest BCUT2D eigenvalue weighted by Crippen LogP contribution is 2.12. The highest BCUT2D eigenvalue weighted by atomic mass is 19.1. The van der Waals surface area contributed by atoms with Gasteiger partial charge in [0.05, 0.1) is 0 Å². The molecule has 0 bridgehead atoms. The van der Waals surface area contributed by atoms with Gasteiger partial charge in [0.2, 0.25) is 5.91 Å². The van der Waals surface area contributed by atoms with E-state index in [1.165, 1.54) is 29.8 Å². The Labute approximate surface area is 172 Å². The summed E-state index contributed by atoms with van der Waals surface area (Å²) < 4.78 is 12.9. The Hall–Kier alpha value is -2.73. The molecule has 0 aliphatic rings. The minimum absolute atomic E-state index is 0.0481. The van der Waals surface area contributed by atoms with Crippen molar-refractivity contribution in [2.24, 2.45) is 0 Å². The van der Waals surface area contributed by atoms with Gasteiger partial charge in [-0.25, -0.2) is 4.39 Å². The van der Waals surface area contributed by atoms with Crippen LogP contribution < -0.4 is 10.6 Å². The van der Waals surface area contributed by atoms with Crippen molar-refractivity contribution in [1.82, 2.24) is 15.5 Å². The molecule has 0 spiro atoms. The molecule has 156 valence electrons. The van der Waals surface area contributed by atoms with E-state index in [0.29, 0.717) is 37.5 Å². The average molecular weight is 400 g/mol. The topological polar surface area (TPSA) is 61.4 Å². The van der Waals surface area contributed by atoms with Crippen molar-refractivity contribution in [2.45, 2.75) is 45.8 Å². The quantitative estimate of drug-likeness (QED) is 0.601. The predicted octanol–water partition coefficient (Wildman–Crippen LogP) is 3.49. The molecule has 2 amide bonds. The van der Waals surface area contributed by atoms with E-state index in [1.54, 1.807) is 0 Å². The summed E-state index contributed by atoms with van der Waals surface area (Å²) in [5.41, 5.74) is 2.72. The lowest BCUT2D eigenvalue weighted by Gasteiger charge is -2.22. The summed E-state index contributed by atoms with van der Waals surface area (Å²) in [5.74, 6) is -0.697. The van der Waals surface area contributed by atoms with Crippen molar-refractivity contribution in [1.29, 1.82) is 0 Å². The van der Waals surface area contributed by atoms with Crippen LogP contribution in [0.2, 0.25) is 0 Å². The summed E-state index contributed by atoms with van der Waals surface area (Å²) in [6.07, 6.45) is 0.869. The van der Waals surface area contributed by atoms with Gasteiger partial charge in [-0.3, -0.25) is 14.5 Å². The van der Waals surface area contributed by atoms with Crippen LogP contribution in [0.1, 0.15) is 48.2 Å². The molecule has 2 aromatic rings. The van der Waals surface area contributed by atoms with Gasteiger partial charge in [0, 0.05) is 37.7 Å². The number of nitrogens with one attached hydrogen (secondary N) is 2. The van der Waals surface area contributed by atoms with Gasteiger partial charge in [0.1, 0.15) is 5.82 Å². The first-order valence-corrected chi connectivity index (χ1v) is 9.94. The maximum atomic E-state index is 12.9. The number of benzene rings is 2. The smallest absolute Gasteiger partial charge is 0.251 e. The van der Waals surface area contributed by atoms with Gasteiger partial charge in [-0.15, -0.1) is 0 Å². The molecule has 0 unspecified atom stereocenters. The average Bonchev–Trinajstić information content (AvgIpc) is 2.70. The molecule has 2 aromatic carbocycles. The predicted molar refractivity (Wildman–Crippen MR) is 113 cm³/mol. The van der Waals surface area contributed by atoms with Crippen LogP contribution >= 0.6 is 0 Å². The van der Waals surface area contributed by atoms with Crippen LogP contribution in [0.15, 0.2) is 48.5 Å². The van der Waals surface area contributed by atoms with Crippen molar-refractivity contribution >= 4 is 11.8 Å². The molecule has 2 N–H and O–H groups in total. The van der Waals surface area contributed by atoms with Gasteiger partial charge >= 0.3 is 0 Å². The standard InChI is InChI=1S/C23H30FN3O2/c1-17(2)27(3)16-20-8-5-4-7-19(20)15-26-22(28)9-6-14-25-23(29)18-10-12-21(24)13-11-18/h4-5,7-8,10-13,17H,6,9,14-16H2,1-3H3,(H,25,29)(H,26,28). The highest BCUT2D eigenvalue weighted by Gasteiger charge is 2.10. The van der Waals surface area contributed by atoms with Crippen LogP contribution in [0.25, 0.3) is 0 Å². The zero-order valence-corrected chi connectivity index (χ0v) is 17.4. The van der Waals surface area contributed by atoms with Crippen LogP contribution in [-0.4, -0.2) is 36.3 Å².